The lowest BCUT2D eigenvalue weighted by Crippen LogP contribution is -2.27. The van der Waals surface area contributed by atoms with Crippen LogP contribution in [0.15, 0.2) is 24.4 Å². The van der Waals surface area contributed by atoms with E-state index in [9.17, 15) is 0 Å². The van der Waals surface area contributed by atoms with Gasteiger partial charge in [0.1, 0.15) is 0 Å². The molecule has 0 amide bonds. The van der Waals surface area contributed by atoms with Crippen molar-refractivity contribution in [3.8, 4) is 11.5 Å². The Morgan fingerprint density at radius 1 is 1.24 bits per heavy atom. The largest absolute Gasteiger partial charge is 0.493 e. The summed E-state index contributed by atoms with van der Waals surface area (Å²) in [5, 5.41) is 10.5. The van der Waals surface area contributed by atoms with E-state index in [4.69, 9.17) is 9.47 Å². The van der Waals surface area contributed by atoms with Gasteiger partial charge in [0.25, 0.3) is 0 Å². The van der Waals surface area contributed by atoms with E-state index in [1.807, 2.05) is 25.3 Å². The Balaban J connectivity index is 1.93. The molecule has 0 bridgehead atoms. The minimum Gasteiger partial charge on any atom is -0.493 e. The highest BCUT2D eigenvalue weighted by Crippen LogP contribution is 2.27. The molecule has 1 aromatic heterocycles. The quantitative estimate of drug-likeness (QED) is 0.822. The maximum atomic E-state index is 5.34. The molecular weight excluding hydrogens is 266 g/mol. The van der Waals surface area contributed by atoms with Crippen LogP contribution in [0.5, 0.6) is 11.5 Å². The van der Waals surface area contributed by atoms with Gasteiger partial charge in [-0.3, -0.25) is 5.10 Å². The van der Waals surface area contributed by atoms with E-state index in [0.717, 1.165) is 30.2 Å². The zero-order chi connectivity index (χ0) is 15.2. The van der Waals surface area contributed by atoms with Crippen molar-refractivity contribution in [2.24, 2.45) is 0 Å². The van der Waals surface area contributed by atoms with Crippen molar-refractivity contribution < 1.29 is 9.47 Å². The Hall–Kier alpha value is -2.01. The van der Waals surface area contributed by atoms with Crippen LogP contribution in [-0.2, 0) is 13.0 Å². The molecular formula is C16H23N3O2. The van der Waals surface area contributed by atoms with Crippen LogP contribution in [0.4, 0.5) is 0 Å². The minimum atomic E-state index is 0.359. The fourth-order valence-corrected chi connectivity index (χ4v) is 2.27. The molecule has 21 heavy (non-hydrogen) atoms. The fraction of sp³-hybridized carbons (Fsp3) is 0.438. The molecule has 2 aromatic rings. The molecule has 1 atom stereocenters. The molecule has 114 valence electrons. The first kappa shape index (κ1) is 15.4. The Kier molecular flexibility index (Phi) is 5.22. The van der Waals surface area contributed by atoms with Crippen molar-refractivity contribution in [3.63, 3.8) is 0 Å². The van der Waals surface area contributed by atoms with E-state index >= 15 is 0 Å². The molecule has 0 saturated carbocycles. The van der Waals surface area contributed by atoms with Gasteiger partial charge in [-0.05, 0) is 38.0 Å². The number of methoxy groups -OCH3 is 2. The molecule has 2 N–H and O–H groups in total. The van der Waals surface area contributed by atoms with Gasteiger partial charge in [0, 0.05) is 23.8 Å². The number of H-pyrrole nitrogens is 1. The predicted molar refractivity (Wildman–Crippen MR) is 82.9 cm³/mol. The second kappa shape index (κ2) is 7.13. The zero-order valence-corrected chi connectivity index (χ0v) is 13.1. The van der Waals surface area contributed by atoms with Gasteiger partial charge in [0.05, 0.1) is 20.4 Å². The monoisotopic (exact) mass is 289 g/mol. The van der Waals surface area contributed by atoms with Gasteiger partial charge in [-0.15, -0.1) is 0 Å². The van der Waals surface area contributed by atoms with Gasteiger partial charge >= 0.3 is 0 Å². The predicted octanol–water partition coefficient (Wildman–Crippen LogP) is 2.46. The van der Waals surface area contributed by atoms with Crippen LogP contribution in [0.3, 0.4) is 0 Å². The highest BCUT2D eigenvalue weighted by molar-refractivity contribution is 5.43. The van der Waals surface area contributed by atoms with Crippen LogP contribution in [0.1, 0.15) is 23.7 Å². The van der Waals surface area contributed by atoms with E-state index in [1.165, 1.54) is 11.1 Å². The Labute approximate surface area is 125 Å². The van der Waals surface area contributed by atoms with Crippen LogP contribution < -0.4 is 14.8 Å². The summed E-state index contributed by atoms with van der Waals surface area (Å²) in [6.07, 6.45) is 2.79. The van der Waals surface area contributed by atoms with Crippen LogP contribution in [0, 0.1) is 6.92 Å². The lowest BCUT2D eigenvalue weighted by molar-refractivity contribution is 0.354. The van der Waals surface area contributed by atoms with Gasteiger partial charge in [-0.2, -0.15) is 5.10 Å². The SMILES string of the molecule is COc1ccc(CC(C)NCc2cn[nH]c2C)cc1OC. The normalized spacial score (nSPS) is 12.2. The van der Waals surface area contributed by atoms with E-state index in [0.29, 0.717) is 6.04 Å². The molecule has 1 aromatic carbocycles. The van der Waals surface area contributed by atoms with Crippen molar-refractivity contribution in [1.82, 2.24) is 15.5 Å². The number of rotatable bonds is 7. The third-order valence-corrected chi connectivity index (χ3v) is 3.57. The smallest absolute Gasteiger partial charge is 0.160 e. The summed E-state index contributed by atoms with van der Waals surface area (Å²) >= 11 is 0. The first-order valence-electron chi connectivity index (χ1n) is 7.07. The van der Waals surface area contributed by atoms with E-state index in [1.54, 1.807) is 14.2 Å². The second-order valence-electron chi connectivity index (χ2n) is 5.20. The number of hydrogen-bond donors (Lipinski definition) is 2. The molecule has 5 nitrogen and oxygen atoms in total. The lowest BCUT2D eigenvalue weighted by Gasteiger charge is -2.15. The van der Waals surface area contributed by atoms with Gasteiger partial charge in [-0.25, -0.2) is 0 Å². The third kappa shape index (κ3) is 3.98. The topological polar surface area (TPSA) is 59.2 Å². The second-order valence-corrected chi connectivity index (χ2v) is 5.20. The zero-order valence-electron chi connectivity index (χ0n) is 13.1. The van der Waals surface area contributed by atoms with Crippen molar-refractivity contribution in [2.45, 2.75) is 32.9 Å². The molecule has 0 aliphatic carbocycles. The maximum absolute atomic E-state index is 5.34. The number of aromatic nitrogens is 2. The van der Waals surface area contributed by atoms with E-state index in [2.05, 4.69) is 28.5 Å². The highest BCUT2D eigenvalue weighted by atomic mass is 16.5. The van der Waals surface area contributed by atoms with Crippen molar-refractivity contribution in [1.29, 1.82) is 0 Å². The summed E-state index contributed by atoms with van der Waals surface area (Å²) in [5.41, 5.74) is 3.53. The Morgan fingerprint density at radius 2 is 2.00 bits per heavy atom. The molecule has 1 heterocycles. The fourth-order valence-electron chi connectivity index (χ4n) is 2.27. The molecule has 0 radical (unpaired) electrons. The highest BCUT2D eigenvalue weighted by Gasteiger charge is 2.09. The van der Waals surface area contributed by atoms with Crippen LogP contribution in [-0.4, -0.2) is 30.5 Å². The number of nitrogens with zero attached hydrogens (tertiary/aromatic N) is 1. The number of aromatic amines is 1. The van der Waals surface area contributed by atoms with Crippen LogP contribution in [0.2, 0.25) is 0 Å². The lowest BCUT2D eigenvalue weighted by atomic mass is 10.1. The van der Waals surface area contributed by atoms with Crippen LogP contribution in [0.25, 0.3) is 0 Å². The first-order chi connectivity index (χ1) is 10.1. The molecule has 0 aliphatic heterocycles. The van der Waals surface area contributed by atoms with Crippen LogP contribution >= 0.6 is 0 Å². The van der Waals surface area contributed by atoms with E-state index in [-0.39, 0.29) is 0 Å². The maximum Gasteiger partial charge on any atom is 0.160 e. The third-order valence-electron chi connectivity index (χ3n) is 3.57. The Bertz CT molecular complexity index is 581. The number of ether oxygens (including phenoxy) is 2. The first-order valence-corrected chi connectivity index (χ1v) is 7.07. The average molecular weight is 289 g/mol. The van der Waals surface area contributed by atoms with Crippen molar-refractivity contribution in [3.05, 3.63) is 41.2 Å². The van der Waals surface area contributed by atoms with Crippen molar-refractivity contribution >= 4 is 0 Å². The van der Waals surface area contributed by atoms with E-state index < -0.39 is 0 Å². The molecule has 0 saturated heterocycles. The summed E-state index contributed by atoms with van der Waals surface area (Å²) in [4.78, 5) is 0. The number of hydrogen-bond acceptors (Lipinski definition) is 4. The van der Waals surface area contributed by atoms with Gasteiger partial charge in [0.2, 0.25) is 0 Å². The Morgan fingerprint density at radius 3 is 2.62 bits per heavy atom. The van der Waals surface area contributed by atoms with Gasteiger partial charge < -0.3 is 14.8 Å². The molecule has 0 fully saturated rings. The van der Waals surface area contributed by atoms with Gasteiger partial charge in [-0.1, -0.05) is 6.07 Å². The van der Waals surface area contributed by atoms with Gasteiger partial charge in [0.15, 0.2) is 11.5 Å². The molecule has 5 heteroatoms. The summed E-state index contributed by atoms with van der Waals surface area (Å²) in [6, 6.07) is 6.40. The average Bonchev–Trinajstić information content (AvgIpc) is 2.90. The number of aryl methyl sites for hydroxylation is 1. The summed E-state index contributed by atoms with van der Waals surface area (Å²) in [7, 11) is 3.31. The molecule has 2 rings (SSSR count). The minimum absolute atomic E-state index is 0.359. The molecule has 1 unspecified atom stereocenters. The summed E-state index contributed by atoms with van der Waals surface area (Å²) in [5.74, 6) is 1.53. The summed E-state index contributed by atoms with van der Waals surface area (Å²) < 4.78 is 10.6. The standard InChI is InChI=1S/C16H23N3O2/c1-11(17-9-14-10-18-19-12(14)2)7-13-5-6-15(20-3)16(8-13)21-4/h5-6,8,10-11,17H,7,9H2,1-4H3,(H,18,19). The molecule has 0 aliphatic rings. The number of benzene rings is 1. The van der Waals surface area contributed by atoms with Crippen molar-refractivity contribution in [2.75, 3.05) is 14.2 Å². The summed E-state index contributed by atoms with van der Waals surface area (Å²) in [6.45, 7) is 5.02. The number of nitrogens with one attached hydrogen (secondary N) is 2. The molecule has 0 spiro atoms.